The molecule has 5 nitrogen and oxygen atoms in total. The number of amides is 1. The van der Waals surface area contributed by atoms with Crippen molar-refractivity contribution in [3.63, 3.8) is 0 Å². The Balaban J connectivity index is 1.43. The zero-order valence-corrected chi connectivity index (χ0v) is 14.8. The van der Waals surface area contributed by atoms with Gasteiger partial charge >= 0.3 is 0 Å². The fourth-order valence-electron chi connectivity index (χ4n) is 3.09. The van der Waals surface area contributed by atoms with Gasteiger partial charge in [-0.05, 0) is 44.6 Å². The summed E-state index contributed by atoms with van der Waals surface area (Å²) in [5, 5.41) is 7.00. The van der Waals surface area contributed by atoms with Crippen molar-refractivity contribution in [2.45, 2.75) is 51.9 Å². The maximum absolute atomic E-state index is 12.0. The number of allylic oxidation sites excluding steroid dienone is 1. The van der Waals surface area contributed by atoms with E-state index in [9.17, 15) is 4.79 Å². The highest BCUT2D eigenvalue weighted by atomic mass is 16.5. The number of hydrogen-bond donors (Lipinski definition) is 1. The average Bonchev–Trinajstić information content (AvgIpc) is 3.10. The van der Waals surface area contributed by atoms with E-state index in [-0.39, 0.29) is 5.91 Å². The van der Waals surface area contributed by atoms with Crippen molar-refractivity contribution < 1.29 is 9.32 Å². The first-order chi connectivity index (χ1) is 12.2. The molecule has 5 heteroatoms. The highest BCUT2D eigenvalue weighted by Gasteiger charge is 2.12. The van der Waals surface area contributed by atoms with Crippen molar-refractivity contribution in [3.8, 4) is 11.4 Å². The molecule has 0 atom stereocenters. The number of aromatic nitrogens is 2. The van der Waals surface area contributed by atoms with E-state index in [0.29, 0.717) is 31.1 Å². The molecule has 0 aliphatic heterocycles. The standard InChI is InChI=1S/C20H25N3O2/c1-15-7-5-6-10-17(15)20-22-19(25-23-20)12-11-18(24)21-14-13-16-8-3-2-4-9-16/h5-8,10H,2-4,9,11-14H2,1H3,(H,21,24). The quantitative estimate of drug-likeness (QED) is 0.775. The van der Waals surface area contributed by atoms with Gasteiger partial charge in [0.2, 0.25) is 17.6 Å². The Bertz CT molecular complexity index is 749. The molecule has 0 fully saturated rings. The van der Waals surface area contributed by atoms with Gasteiger partial charge in [0.1, 0.15) is 0 Å². The van der Waals surface area contributed by atoms with Gasteiger partial charge in [0.25, 0.3) is 0 Å². The van der Waals surface area contributed by atoms with E-state index in [2.05, 4.69) is 21.5 Å². The van der Waals surface area contributed by atoms with Crippen molar-refractivity contribution in [2.75, 3.05) is 6.54 Å². The van der Waals surface area contributed by atoms with Crippen LogP contribution in [0.3, 0.4) is 0 Å². The van der Waals surface area contributed by atoms with Crippen LogP contribution >= 0.6 is 0 Å². The van der Waals surface area contributed by atoms with E-state index < -0.39 is 0 Å². The third kappa shape index (κ3) is 5.02. The van der Waals surface area contributed by atoms with Gasteiger partial charge in [-0.2, -0.15) is 4.98 Å². The molecule has 1 N–H and O–H groups in total. The lowest BCUT2D eigenvalue weighted by Crippen LogP contribution is -2.25. The molecule has 0 radical (unpaired) electrons. The normalized spacial score (nSPS) is 14.2. The molecule has 132 valence electrons. The van der Waals surface area contributed by atoms with Crippen molar-refractivity contribution in [2.24, 2.45) is 0 Å². The first kappa shape index (κ1) is 17.4. The van der Waals surface area contributed by atoms with Crippen LogP contribution < -0.4 is 5.32 Å². The molecule has 0 unspecified atom stereocenters. The molecule has 1 aliphatic carbocycles. The molecule has 0 bridgehead atoms. The molecule has 0 spiro atoms. The highest BCUT2D eigenvalue weighted by molar-refractivity contribution is 5.76. The van der Waals surface area contributed by atoms with Crippen LogP contribution in [0, 0.1) is 6.92 Å². The summed E-state index contributed by atoms with van der Waals surface area (Å²) in [5.41, 5.74) is 3.54. The van der Waals surface area contributed by atoms with E-state index in [0.717, 1.165) is 17.5 Å². The van der Waals surface area contributed by atoms with Crippen LogP contribution in [0.25, 0.3) is 11.4 Å². The number of benzene rings is 1. The van der Waals surface area contributed by atoms with Crippen LogP contribution in [0.15, 0.2) is 40.4 Å². The number of carbonyl (C=O) groups excluding carboxylic acids is 1. The number of aryl methyl sites for hydroxylation is 2. The minimum absolute atomic E-state index is 0.0343. The lowest BCUT2D eigenvalue weighted by Gasteiger charge is -2.12. The maximum atomic E-state index is 12.0. The Labute approximate surface area is 148 Å². The average molecular weight is 339 g/mol. The van der Waals surface area contributed by atoms with E-state index in [4.69, 9.17) is 4.52 Å². The number of hydrogen-bond acceptors (Lipinski definition) is 4. The molecule has 25 heavy (non-hydrogen) atoms. The van der Waals surface area contributed by atoms with Gasteiger partial charge in [0.15, 0.2) is 0 Å². The fourth-order valence-corrected chi connectivity index (χ4v) is 3.09. The second-order valence-electron chi connectivity index (χ2n) is 6.53. The van der Waals surface area contributed by atoms with Gasteiger partial charge in [-0.15, -0.1) is 0 Å². The molecule has 1 aromatic carbocycles. The molecule has 1 amide bonds. The summed E-state index contributed by atoms with van der Waals surface area (Å²) >= 11 is 0. The Morgan fingerprint density at radius 2 is 2.12 bits per heavy atom. The molecular formula is C20H25N3O2. The number of carbonyl (C=O) groups is 1. The lowest BCUT2D eigenvalue weighted by atomic mass is 9.97. The zero-order valence-electron chi connectivity index (χ0n) is 14.8. The first-order valence-corrected chi connectivity index (χ1v) is 9.05. The van der Waals surface area contributed by atoms with Crippen LogP contribution in [-0.4, -0.2) is 22.6 Å². The molecule has 1 aliphatic rings. The molecule has 1 heterocycles. The van der Waals surface area contributed by atoms with Gasteiger partial charge in [-0.25, -0.2) is 0 Å². The van der Waals surface area contributed by atoms with Gasteiger partial charge in [-0.3, -0.25) is 4.79 Å². The van der Waals surface area contributed by atoms with Gasteiger partial charge in [0.05, 0.1) is 0 Å². The molecule has 3 rings (SSSR count). The van der Waals surface area contributed by atoms with Crippen LogP contribution in [0.1, 0.15) is 50.0 Å². The minimum atomic E-state index is 0.0343. The van der Waals surface area contributed by atoms with Crippen LogP contribution in [-0.2, 0) is 11.2 Å². The first-order valence-electron chi connectivity index (χ1n) is 9.05. The molecular weight excluding hydrogens is 314 g/mol. The summed E-state index contributed by atoms with van der Waals surface area (Å²) in [5.74, 6) is 1.12. The van der Waals surface area contributed by atoms with Crippen molar-refractivity contribution in [1.29, 1.82) is 0 Å². The third-order valence-electron chi connectivity index (χ3n) is 4.57. The lowest BCUT2D eigenvalue weighted by molar-refractivity contribution is -0.121. The van der Waals surface area contributed by atoms with Crippen LogP contribution in [0.5, 0.6) is 0 Å². The van der Waals surface area contributed by atoms with Crippen LogP contribution in [0.4, 0.5) is 0 Å². The molecule has 0 saturated carbocycles. The van der Waals surface area contributed by atoms with E-state index in [1.54, 1.807) is 0 Å². The maximum Gasteiger partial charge on any atom is 0.227 e. The second-order valence-corrected chi connectivity index (χ2v) is 6.53. The Morgan fingerprint density at radius 3 is 2.92 bits per heavy atom. The van der Waals surface area contributed by atoms with E-state index in [1.807, 2.05) is 31.2 Å². The Morgan fingerprint density at radius 1 is 1.24 bits per heavy atom. The van der Waals surface area contributed by atoms with Gasteiger partial charge in [0, 0.05) is 24.9 Å². The summed E-state index contributed by atoms with van der Waals surface area (Å²) < 4.78 is 5.27. The SMILES string of the molecule is Cc1ccccc1-c1noc(CCC(=O)NCCC2=CCCCC2)n1. The number of rotatable bonds is 7. The Hall–Kier alpha value is -2.43. The predicted molar refractivity (Wildman–Crippen MR) is 97.0 cm³/mol. The highest BCUT2D eigenvalue weighted by Crippen LogP contribution is 2.20. The summed E-state index contributed by atoms with van der Waals surface area (Å²) in [6.07, 6.45) is 9.06. The number of nitrogens with one attached hydrogen (secondary N) is 1. The summed E-state index contributed by atoms with van der Waals surface area (Å²) in [6.45, 7) is 2.73. The fraction of sp³-hybridized carbons (Fsp3) is 0.450. The topological polar surface area (TPSA) is 68.0 Å². The predicted octanol–water partition coefficient (Wildman–Crippen LogP) is 3.98. The van der Waals surface area contributed by atoms with Gasteiger partial charge in [-0.1, -0.05) is 41.1 Å². The molecule has 1 aromatic heterocycles. The smallest absolute Gasteiger partial charge is 0.227 e. The zero-order chi connectivity index (χ0) is 17.5. The van der Waals surface area contributed by atoms with Gasteiger partial charge < -0.3 is 9.84 Å². The minimum Gasteiger partial charge on any atom is -0.356 e. The summed E-state index contributed by atoms with van der Waals surface area (Å²) in [7, 11) is 0. The second kappa shape index (κ2) is 8.60. The van der Waals surface area contributed by atoms with E-state index in [1.165, 1.54) is 31.3 Å². The van der Waals surface area contributed by atoms with Crippen LogP contribution in [0.2, 0.25) is 0 Å². The largest absolute Gasteiger partial charge is 0.356 e. The monoisotopic (exact) mass is 339 g/mol. The number of nitrogens with zero attached hydrogens (tertiary/aromatic N) is 2. The van der Waals surface area contributed by atoms with Crippen molar-refractivity contribution in [3.05, 3.63) is 47.4 Å². The molecule has 0 saturated heterocycles. The van der Waals surface area contributed by atoms with Crippen molar-refractivity contribution >= 4 is 5.91 Å². The van der Waals surface area contributed by atoms with Crippen molar-refractivity contribution in [1.82, 2.24) is 15.5 Å². The van der Waals surface area contributed by atoms with E-state index >= 15 is 0 Å². The summed E-state index contributed by atoms with van der Waals surface area (Å²) in [4.78, 5) is 16.4. The third-order valence-corrected chi connectivity index (χ3v) is 4.57. The summed E-state index contributed by atoms with van der Waals surface area (Å²) in [6, 6.07) is 7.91. The molecule has 2 aromatic rings. The Kier molecular flexibility index (Phi) is 5.99.